The molecular formula is C29H43ClO4S2. The topological polar surface area (TPSA) is 78.4 Å². The van der Waals surface area contributed by atoms with Gasteiger partial charge in [0.25, 0.3) is 0 Å². The first kappa shape index (κ1) is 31.4. The Morgan fingerprint density at radius 1 is 0.722 bits per heavy atom. The lowest BCUT2D eigenvalue weighted by Gasteiger charge is -2.31. The van der Waals surface area contributed by atoms with Gasteiger partial charge in [0, 0.05) is 14.7 Å². The highest BCUT2D eigenvalue weighted by atomic mass is 35.7. The van der Waals surface area contributed by atoms with Crippen molar-refractivity contribution in [3.63, 3.8) is 0 Å². The quantitative estimate of drug-likeness (QED) is 0.302. The Kier molecular flexibility index (Phi) is 9.34. The van der Waals surface area contributed by atoms with Gasteiger partial charge in [-0.25, -0.2) is 0 Å². The predicted octanol–water partition coefficient (Wildman–Crippen LogP) is 6.26. The van der Waals surface area contributed by atoms with Crippen molar-refractivity contribution in [3.8, 4) is 0 Å². The van der Waals surface area contributed by atoms with Crippen molar-refractivity contribution in [2.45, 2.75) is 83.1 Å². The van der Waals surface area contributed by atoms with Crippen molar-refractivity contribution in [2.75, 3.05) is 0 Å². The molecule has 1 atom stereocenters. The van der Waals surface area contributed by atoms with E-state index in [1.165, 1.54) is 10.5 Å². The van der Waals surface area contributed by atoms with Gasteiger partial charge in [-0.15, -0.1) is 0 Å². The van der Waals surface area contributed by atoms with Crippen LogP contribution < -0.4 is 14.0 Å². The molecule has 0 fully saturated rings. The molecule has 2 aliphatic rings. The average Bonchev–Trinajstić information content (AvgIpc) is 2.64. The van der Waals surface area contributed by atoms with Crippen LogP contribution in [0.3, 0.4) is 0 Å². The van der Waals surface area contributed by atoms with E-state index in [9.17, 15) is 14.0 Å². The molecule has 0 amide bonds. The molecule has 4 nitrogen and oxygen atoms in total. The van der Waals surface area contributed by atoms with E-state index in [-0.39, 0.29) is 21.7 Å². The summed E-state index contributed by atoms with van der Waals surface area (Å²) in [6.07, 6.45) is 14.3. The minimum atomic E-state index is -4.59. The average molecular weight is 555 g/mol. The fourth-order valence-electron chi connectivity index (χ4n) is 3.40. The van der Waals surface area contributed by atoms with Crippen LogP contribution in [0.1, 0.15) is 83.1 Å². The molecule has 0 saturated carbocycles. The maximum Gasteiger partial charge on any atom is 0.143 e. The molecule has 0 spiro atoms. The SMILES string of the molecule is CC(C)(C)C1=CC(/C=C/C=C2\C=C(C(C)(C)C)C=C(C(C)(C)C)S2)=S(O[Cl+3]([O-])([O-])[O-])C(C(C)(C)C)=C1. The highest BCUT2D eigenvalue weighted by Gasteiger charge is 2.36. The lowest BCUT2D eigenvalue weighted by atomic mass is 9.83. The third-order valence-corrected chi connectivity index (χ3v) is 10.1. The van der Waals surface area contributed by atoms with Crippen LogP contribution in [-0.4, -0.2) is 4.86 Å². The maximum atomic E-state index is 11.7. The van der Waals surface area contributed by atoms with E-state index in [4.69, 9.17) is 3.74 Å². The lowest BCUT2D eigenvalue weighted by molar-refractivity contribution is -1.91. The summed E-state index contributed by atoms with van der Waals surface area (Å²) in [6.45, 7) is 25.6. The Hall–Kier alpha value is -0.860. The van der Waals surface area contributed by atoms with Crippen molar-refractivity contribution in [1.82, 2.24) is 0 Å². The standard InChI is InChI=1S/C29H43ClO4S2/c1-26(2,3)20-16-22(35-24(18-20)28(7,8)9)14-13-15-23-17-21(27(4,5)6)19-25(29(10,11)12)36(23)34-30(31,32)33/h13-19H,1-12H3/b15-13+,22-14+. The largest absolute Gasteiger partial charge is 0.182 e. The molecular weight excluding hydrogens is 512 g/mol. The number of rotatable bonds is 4. The third kappa shape index (κ3) is 8.87. The first-order valence-electron chi connectivity index (χ1n) is 12.2. The van der Waals surface area contributed by atoms with Gasteiger partial charge in [0.15, 0.2) is 0 Å². The summed E-state index contributed by atoms with van der Waals surface area (Å²) in [6, 6.07) is 0. The van der Waals surface area contributed by atoms with Crippen LogP contribution in [0.4, 0.5) is 0 Å². The summed E-state index contributed by atoms with van der Waals surface area (Å²) in [4.78, 5) is 3.87. The highest BCUT2D eigenvalue weighted by Crippen LogP contribution is 2.48. The molecule has 0 N–H and O–H groups in total. The summed E-state index contributed by atoms with van der Waals surface area (Å²) >= 11 is 1.75. The zero-order valence-corrected chi connectivity index (χ0v) is 26.3. The highest BCUT2D eigenvalue weighted by molar-refractivity contribution is 8.15. The molecule has 0 aromatic rings. The summed E-state index contributed by atoms with van der Waals surface area (Å²) in [5.74, 6) is 0. The molecule has 2 heterocycles. The first-order valence-corrected chi connectivity index (χ1v) is 15.4. The van der Waals surface area contributed by atoms with E-state index in [1.54, 1.807) is 11.8 Å². The second-order valence-electron chi connectivity index (χ2n) is 13.4. The van der Waals surface area contributed by atoms with Crippen molar-refractivity contribution in [1.29, 1.82) is 0 Å². The van der Waals surface area contributed by atoms with Gasteiger partial charge in [-0.3, -0.25) is 0 Å². The minimum absolute atomic E-state index is 0.0109. The van der Waals surface area contributed by atoms with E-state index in [0.717, 1.165) is 15.4 Å². The second-order valence-corrected chi connectivity index (χ2v) is 17.2. The van der Waals surface area contributed by atoms with E-state index in [1.807, 2.05) is 51.2 Å². The van der Waals surface area contributed by atoms with Crippen LogP contribution >= 0.6 is 22.5 Å². The van der Waals surface area contributed by atoms with Crippen LogP contribution in [0.2, 0.25) is 0 Å². The zero-order valence-electron chi connectivity index (χ0n) is 23.9. The molecule has 0 saturated heterocycles. The van der Waals surface area contributed by atoms with E-state index in [0.29, 0.717) is 4.86 Å². The molecule has 2 aliphatic heterocycles. The molecule has 1 unspecified atom stereocenters. The minimum Gasteiger partial charge on any atom is -0.182 e. The van der Waals surface area contributed by atoms with Crippen LogP contribution in [0.25, 0.3) is 0 Å². The summed E-state index contributed by atoms with van der Waals surface area (Å²) in [5, 5.41) is 0. The van der Waals surface area contributed by atoms with Gasteiger partial charge in [0.2, 0.25) is 0 Å². The van der Waals surface area contributed by atoms with Gasteiger partial charge in [-0.05, 0) is 74.2 Å². The molecule has 36 heavy (non-hydrogen) atoms. The van der Waals surface area contributed by atoms with Gasteiger partial charge in [0.05, 0.1) is 10.2 Å². The van der Waals surface area contributed by atoms with Gasteiger partial charge in [-0.1, -0.05) is 101 Å². The molecule has 0 aliphatic carbocycles. The van der Waals surface area contributed by atoms with Crippen LogP contribution in [0, 0.1) is 31.9 Å². The molecule has 202 valence electrons. The summed E-state index contributed by atoms with van der Waals surface area (Å²) in [7, 11) is -5.91. The van der Waals surface area contributed by atoms with Crippen molar-refractivity contribution >= 4 is 27.4 Å². The molecule has 7 heteroatoms. The fourth-order valence-corrected chi connectivity index (χ4v) is 7.14. The summed E-state index contributed by atoms with van der Waals surface area (Å²) in [5.41, 5.74) is 1.82. The smallest absolute Gasteiger partial charge is 0.143 e. The number of hydrogen-bond acceptors (Lipinski definition) is 5. The number of thioether (sulfide) groups is 1. The zero-order chi connectivity index (χ0) is 27.9. The van der Waals surface area contributed by atoms with Crippen molar-refractivity contribution in [2.24, 2.45) is 21.7 Å². The molecule has 2 rings (SSSR count). The summed E-state index contributed by atoms with van der Waals surface area (Å²) < 4.78 is 40.1. The molecule has 0 aromatic heterocycles. The van der Waals surface area contributed by atoms with Crippen molar-refractivity contribution in [3.05, 3.63) is 68.4 Å². The number of hydrogen-bond donors (Lipinski definition) is 0. The predicted molar refractivity (Wildman–Crippen MR) is 149 cm³/mol. The van der Waals surface area contributed by atoms with Crippen molar-refractivity contribution < 1.29 is 28.0 Å². The van der Waals surface area contributed by atoms with E-state index < -0.39 is 21.0 Å². The van der Waals surface area contributed by atoms with Gasteiger partial charge >= 0.3 is 0 Å². The van der Waals surface area contributed by atoms with Gasteiger partial charge < -0.3 is 0 Å². The van der Waals surface area contributed by atoms with Crippen LogP contribution in [-0.2, 0) is 3.74 Å². The Labute approximate surface area is 227 Å². The Morgan fingerprint density at radius 2 is 1.25 bits per heavy atom. The fraction of sp³-hybridized carbons (Fsp3) is 0.552. The first-order chi connectivity index (χ1) is 16.0. The monoisotopic (exact) mass is 554 g/mol. The third-order valence-electron chi connectivity index (χ3n) is 5.68. The van der Waals surface area contributed by atoms with Crippen LogP contribution in [0.15, 0.2) is 68.4 Å². The molecule has 0 bridgehead atoms. The van der Waals surface area contributed by atoms with E-state index in [2.05, 4.69) is 74.5 Å². The lowest BCUT2D eigenvalue weighted by Crippen LogP contribution is -2.60. The maximum absolute atomic E-state index is 11.7. The Morgan fingerprint density at radius 3 is 1.69 bits per heavy atom. The normalized spacial score (nSPS) is 22.0. The van der Waals surface area contributed by atoms with Gasteiger partial charge in [0.1, 0.15) is 14.5 Å². The number of halogens is 1. The van der Waals surface area contributed by atoms with Gasteiger partial charge in [-0.2, -0.15) is 14.0 Å². The number of allylic oxidation sites excluding steroid dienone is 11. The molecule has 0 radical (unpaired) electrons. The second kappa shape index (κ2) is 10.7. The van der Waals surface area contributed by atoms with Crippen LogP contribution in [0.5, 0.6) is 0 Å². The Balaban J connectivity index is 2.63. The Bertz CT molecular complexity index is 1080. The molecule has 0 aromatic carbocycles. The van der Waals surface area contributed by atoms with E-state index >= 15 is 0 Å².